The highest BCUT2D eigenvalue weighted by molar-refractivity contribution is 6.32. The molecule has 1 fully saturated rings. The Labute approximate surface area is 369 Å². The molecular weight excluding hydrogens is 799 g/mol. The van der Waals surface area contributed by atoms with Crippen molar-refractivity contribution in [1.82, 2.24) is 19.6 Å². The summed E-state index contributed by atoms with van der Waals surface area (Å²) >= 11 is 0. The van der Waals surface area contributed by atoms with Crippen LogP contribution in [0.2, 0.25) is 0 Å². The minimum absolute atomic E-state index is 0.0742. The molecule has 62 heavy (non-hydrogen) atoms. The van der Waals surface area contributed by atoms with Gasteiger partial charge in [-0.2, -0.15) is 0 Å². The Hall–Kier alpha value is -4.96. The van der Waals surface area contributed by atoms with Gasteiger partial charge in [0.25, 0.3) is 23.6 Å². The number of ether oxygens (including phenoxy) is 4. The Morgan fingerprint density at radius 2 is 0.855 bits per heavy atom. The summed E-state index contributed by atoms with van der Waals surface area (Å²) in [6.45, 7) is 16.7. The first-order valence-electron chi connectivity index (χ1n) is 21.7. The zero-order valence-electron chi connectivity index (χ0n) is 39.6. The van der Waals surface area contributed by atoms with Gasteiger partial charge in [0, 0.05) is 34.6 Å². The number of hydrogen-bond acceptors (Lipinski definition) is 12. The molecule has 1 heterocycles. The van der Waals surface area contributed by atoms with Crippen LogP contribution >= 0.6 is 0 Å². The van der Waals surface area contributed by atoms with Crippen molar-refractivity contribution < 1.29 is 57.3 Å². The second-order valence-corrected chi connectivity index (χ2v) is 18.3. The molecule has 7 atom stereocenters. The van der Waals surface area contributed by atoms with Gasteiger partial charge < -0.3 is 38.5 Å². The predicted molar refractivity (Wildman–Crippen MR) is 234 cm³/mol. The van der Waals surface area contributed by atoms with Gasteiger partial charge >= 0.3 is 23.9 Å². The van der Waals surface area contributed by atoms with Gasteiger partial charge in [-0.3, -0.25) is 19.2 Å². The highest BCUT2D eigenvalue weighted by Crippen LogP contribution is 2.22. The van der Waals surface area contributed by atoms with E-state index in [4.69, 9.17) is 18.9 Å². The predicted octanol–water partition coefficient (Wildman–Crippen LogP) is 2.31. The van der Waals surface area contributed by atoms with Crippen LogP contribution in [0, 0.1) is 23.7 Å². The molecule has 1 aromatic carbocycles. The lowest BCUT2D eigenvalue weighted by atomic mass is 9.94. The normalized spacial score (nSPS) is 25.4. The van der Waals surface area contributed by atoms with E-state index < -0.39 is 96.6 Å². The molecule has 1 aliphatic heterocycles. The van der Waals surface area contributed by atoms with Gasteiger partial charge in [-0.25, -0.2) is 19.2 Å². The fourth-order valence-electron chi connectivity index (χ4n) is 7.14. The zero-order chi connectivity index (χ0) is 47.3. The first-order chi connectivity index (χ1) is 28.8. The third-order valence-corrected chi connectivity index (χ3v) is 10.9. The molecule has 2 rings (SSSR count). The molecule has 17 heteroatoms. The molecule has 0 aromatic heterocycles. The van der Waals surface area contributed by atoms with E-state index in [1.54, 1.807) is 12.1 Å². The van der Waals surface area contributed by atoms with Crippen LogP contribution in [-0.2, 0) is 63.7 Å². The van der Waals surface area contributed by atoms with Crippen LogP contribution in [-0.4, -0.2) is 152 Å². The van der Waals surface area contributed by atoms with Gasteiger partial charge in [0.15, 0.2) is 24.9 Å². The van der Waals surface area contributed by atoms with E-state index in [1.807, 2.05) is 75.4 Å². The van der Waals surface area contributed by atoms with E-state index in [2.05, 4.69) is 0 Å². The van der Waals surface area contributed by atoms with E-state index in [0.717, 1.165) is 25.1 Å². The SMILES string of the molecule is Bc1ccc(C[C@H]2OC(=O)[C@H](CC(C)C)N(C)C(=O)[C@@H](C)OC(=O)[C@H](CC(C)C)N(C)C(=O)COC(=O)[C@H](CC(C)C)N(C)C(=O)[C@@H](C)OC(=O)[C@H](CC(C)C)N(C)C2=O)cc1. The van der Waals surface area contributed by atoms with Crippen molar-refractivity contribution in [3.63, 3.8) is 0 Å². The van der Waals surface area contributed by atoms with Crippen molar-refractivity contribution in [3.8, 4) is 0 Å². The lowest BCUT2D eigenvalue weighted by molar-refractivity contribution is -0.174. The van der Waals surface area contributed by atoms with Gasteiger partial charge in [-0.15, -0.1) is 0 Å². The highest BCUT2D eigenvalue weighted by atomic mass is 16.6. The van der Waals surface area contributed by atoms with Crippen molar-refractivity contribution >= 4 is 60.8 Å². The maximum absolute atomic E-state index is 14.6. The van der Waals surface area contributed by atoms with E-state index in [1.165, 1.54) is 42.0 Å². The molecule has 1 aliphatic rings. The van der Waals surface area contributed by atoms with Crippen LogP contribution in [0.5, 0.6) is 0 Å². The summed E-state index contributed by atoms with van der Waals surface area (Å²) in [6.07, 6.45) is -3.85. The Balaban J connectivity index is 2.77. The van der Waals surface area contributed by atoms with Crippen molar-refractivity contribution in [1.29, 1.82) is 0 Å². The third-order valence-electron chi connectivity index (χ3n) is 10.9. The standard InChI is InChI=1S/C45H71BN4O12/c1-25(2)19-33-42(55)59-24-38(51)47(11)34(20-26(3)4)43(56)60-30(10)40(53)49(13)36(22-28(7)8)45(58)62-37(23-31-15-17-32(46)18-16-31)41(54)50(14)35(21-27(5)6)44(57)61-29(9)39(52)48(33)12/h15-18,25-30,33-37H,19-24,46H2,1-14H3/t29-,30-,33+,34+,35+,36+,37-/m1/s1. The summed E-state index contributed by atoms with van der Waals surface area (Å²) in [5.74, 6) is -6.98. The molecule has 0 N–H and O–H groups in total. The van der Waals surface area contributed by atoms with Crippen LogP contribution in [0.1, 0.15) is 100 Å². The lowest BCUT2D eigenvalue weighted by Gasteiger charge is -2.34. The fourth-order valence-corrected chi connectivity index (χ4v) is 7.14. The second-order valence-electron chi connectivity index (χ2n) is 18.3. The van der Waals surface area contributed by atoms with Crippen LogP contribution < -0.4 is 5.46 Å². The van der Waals surface area contributed by atoms with Crippen molar-refractivity contribution in [2.75, 3.05) is 34.8 Å². The topological polar surface area (TPSA) is 186 Å². The number of rotatable bonds is 10. The van der Waals surface area contributed by atoms with E-state index in [-0.39, 0.29) is 55.8 Å². The molecule has 0 aliphatic carbocycles. The van der Waals surface area contributed by atoms with E-state index in [0.29, 0.717) is 5.56 Å². The van der Waals surface area contributed by atoms with Crippen LogP contribution in [0.25, 0.3) is 0 Å². The number of hydrogen-bond donors (Lipinski definition) is 0. The molecule has 0 spiro atoms. The summed E-state index contributed by atoms with van der Waals surface area (Å²) < 4.78 is 22.9. The van der Waals surface area contributed by atoms with Gasteiger partial charge in [-0.05, 0) is 68.8 Å². The summed E-state index contributed by atoms with van der Waals surface area (Å²) in [4.78, 5) is 116. The summed E-state index contributed by atoms with van der Waals surface area (Å²) in [5, 5.41) is 0. The number of esters is 4. The molecule has 346 valence electrons. The van der Waals surface area contributed by atoms with Gasteiger partial charge in [-0.1, -0.05) is 85.1 Å². The first-order valence-corrected chi connectivity index (χ1v) is 21.7. The minimum atomic E-state index is -1.46. The quantitative estimate of drug-likeness (QED) is 0.190. The molecule has 4 amide bonds. The maximum atomic E-state index is 14.6. The number of carbonyl (C=O) groups excluding carboxylic acids is 8. The highest BCUT2D eigenvalue weighted by Gasteiger charge is 2.41. The number of nitrogens with zero attached hydrogens (tertiary/aromatic N) is 4. The Bertz CT molecular complexity index is 1720. The van der Waals surface area contributed by atoms with Gasteiger partial charge in [0.2, 0.25) is 0 Å². The maximum Gasteiger partial charge on any atom is 0.329 e. The lowest BCUT2D eigenvalue weighted by Crippen LogP contribution is -2.54. The van der Waals surface area contributed by atoms with Crippen LogP contribution in [0.3, 0.4) is 0 Å². The van der Waals surface area contributed by atoms with Crippen molar-refractivity contribution in [2.45, 2.75) is 144 Å². The first kappa shape index (κ1) is 53.2. The molecule has 1 aromatic rings. The third kappa shape index (κ3) is 15.4. The van der Waals surface area contributed by atoms with Gasteiger partial charge in [0.1, 0.15) is 32.0 Å². The molecule has 0 unspecified atom stereocenters. The molecule has 0 bridgehead atoms. The zero-order valence-corrected chi connectivity index (χ0v) is 39.6. The Morgan fingerprint density at radius 3 is 1.24 bits per heavy atom. The number of likely N-dealkylation sites (N-methyl/N-ethyl adjacent to an activating group) is 4. The average molecular weight is 871 g/mol. The smallest absolute Gasteiger partial charge is 0.329 e. The summed E-state index contributed by atoms with van der Waals surface area (Å²) in [5.41, 5.74) is 1.62. The van der Waals surface area contributed by atoms with Gasteiger partial charge in [0.05, 0.1) is 0 Å². The van der Waals surface area contributed by atoms with E-state index >= 15 is 0 Å². The number of amides is 4. The molecule has 16 nitrogen and oxygen atoms in total. The number of benzene rings is 1. The Kier molecular flexibility index (Phi) is 20.6. The second kappa shape index (κ2) is 24.0. The van der Waals surface area contributed by atoms with Crippen LogP contribution in [0.15, 0.2) is 24.3 Å². The minimum Gasteiger partial charge on any atom is -0.454 e. The molecule has 0 radical (unpaired) electrons. The molecule has 1 saturated heterocycles. The largest absolute Gasteiger partial charge is 0.454 e. The Morgan fingerprint density at radius 1 is 0.516 bits per heavy atom. The fraction of sp³-hybridized carbons (Fsp3) is 0.689. The van der Waals surface area contributed by atoms with Crippen molar-refractivity contribution in [2.24, 2.45) is 23.7 Å². The molecular formula is C45H71BN4O12. The van der Waals surface area contributed by atoms with Crippen LogP contribution in [0.4, 0.5) is 0 Å². The monoisotopic (exact) mass is 871 g/mol. The number of cyclic esters (lactones) is 4. The van der Waals surface area contributed by atoms with Crippen molar-refractivity contribution in [3.05, 3.63) is 29.8 Å². The van der Waals surface area contributed by atoms with E-state index in [9.17, 15) is 38.4 Å². The summed E-state index contributed by atoms with van der Waals surface area (Å²) in [7, 11) is 7.40. The average Bonchev–Trinajstić information content (AvgIpc) is 3.19. The molecule has 0 saturated carbocycles. The number of carbonyl (C=O) groups is 8. The summed E-state index contributed by atoms with van der Waals surface area (Å²) in [6, 6.07) is 2.48.